The van der Waals surface area contributed by atoms with Crippen LogP contribution in [-0.2, 0) is 20.9 Å². The third-order valence-electron chi connectivity index (χ3n) is 8.95. The summed E-state index contributed by atoms with van der Waals surface area (Å²) in [7, 11) is -0.0592. The maximum Gasteiger partial charge on any atom is 0.326 e. The molecule has 46 heavy (non-hydrogen) atoms. The van der Waals surface area contributed by atoms with Crippen LogP contribution < -0.4 is 9.47 Å². The molecule has 0 radical (unpaired) electrons. The minimum atomic E-state index is -3.04. The summed E-state index contributed by atoms with van der Waals surface area (Å²) in [4.78, 5) is 26.0. The average molecular weight is 690 g/mol. The number of piperazine rings is 1. The van der Waals surface area contributed by atoms with Crippen LogP contribution in [0.25, 0.3) is 0 Å². The van der Waals surface area contributed by atoms with E-state index in [1.807, 2.05) is 55.1 Å². The van der Waals surface area contributed by atoms with E-state index in [4.69, 9.17) is 37.7 Å². The number of hydrogen-bond donors (Lipinski definition) is 0. The minimum Gasteiger partial charge on any atom is -0.480 e. The Morgan fingerprint density at radius 3 is 2.02 bits per heavy atom. The zero-order valence-corrected chi connectivity index (χ0v) is 28.9. The van der Waals surface area contributed by atoms with E-state index < -0.39 is 20.9 Å². The molecule has 11 nitrogen and oxygen atoms in total. The normalized spacial score (nSPS) is 22.1. The Morgan fingerprint density at radius 1 is 0.891 bits per heavy atom. The largest absolute Gasteiger partial charge is 0.480 e. The van der Waals surface area contributed by atoms with Gasteiger partial charge in [-0.05, 0) is 62.2 Å². The molecule has 14 heteroatoms. The summed E-state index contributed by atoms with van der Waals surface area (Å²) in [6, 6.07) is 16.3. The Morgan fingerprint density at radius 2 is 1.48 bits per heavy atom. The lowest BCUT2D eigenvalue weighted by Crippen LogP contribution is -2.60. The van der Waals surface area contributed by atoms with Crippen LogP contribution >= 0.6 is 23.2 Å². The molecule has 0 bridgehead atoms. The van der Waals surface area contributed by atoms with Gasteiger partial charge in [-0.3, -0.25) is 14.8 Å². The molecule has 2 aromatic carbocycles. The van der Waals surface area contributed by atoms with Gasteiger partial charge < -0.3 is 14.4 Å². The number of amides is 2. The summed E-state index contributed by atoms with van der Waals surface area (Å²) >= 11 is 12.7. The number of ether oxygens (including phenoxy) is 2. The molecular weight excluding hydrogens is 651 g/mol. The quantitative estimate of drug-likeness (QED) is 0.313. The first-order chi connectivity index (χ1) is 21.8. The van der Waals surface area contributed by atoms with Crippen LogP contribution in [0, 0.1) is 0 Å². The standard InChI is InChI=1S/C32H38Cl2N6O5S/c1-31(22-7-11-24(33)12-8-22)32(2,23-9-13-25(34)14-10-23)40(28(35-31)26-21-27(44-3)36-37-29(26)45-4)30(41)39-18-16-38(17-19-39)15-6-20-46(5,42)43/h7-14,21H,6,15-20H2,1-5H3/t31-,32+/m0/s1. The average Bonchev–Trinajstić information content (AvgIpc) is 3.28. The topological polar surface area (TPSA) is 118 Å². The fourth-order valence-electron chi connectivity index (χ4n) is 6.20. The minimum absolute atomic E-state index is 0.133. The van der Waals surface area contributed by atoms with Crippen molar-refractivity contribution < 1.29 is 22.7 Å². The third-order valence-corrected chi connectivity index (χ3v) is 10.5. The van der Waals surface area contributed by atoms with Crippen molar-refractivity contribution in [2.45, 2.75) is 31.3 Å². The summed E-state index contributed by atoms with van der Waals surface area (Å²) in [6.45, 7) is 6.75. The summed E-state index contributed by atoms with van der Waals surface area (Å²) < 4.78 is 34.3. The van der Waals surface area contributed by atoms with Crippen molar-refractivity contribution in [1.29, 1.82) is 0 Å². The van der Waals surface area contributed by atoms with Gasteiger partial charge in [-0.1, -0.05) is 47.5 Å². The van der Waals surface area contributed by atoms with Crippen LogP contribution in [0.1, 0.15) is 37.0 Å². The van der Waals surface area contributed by atoms with E-state index in [1.165, 1.54) is 20.5 Å². The van der Waals surface area contributed by atoms with E-state index in [0.717, 1.165) is 11.1 Å². The summed E-state index contributed by atoms with van der Waals surface area (Å²) in [6.07, 6.45) is 1.79. The molecule has 3 aromatic rings. The first-order valence-corrected chi connectivity index (χ1v) is 17.7. The fourth-order valence-corrected chi connectivity index (χ4v) is 7.10. The van der Waals surface area contributed by atoms with Gasteiger partial charge in [-0.2, -0.15) is 0 Å². The lowest BCUT2D eigenvalue weighted by atomic mass is 9.71. The molecular formula is C32H38Cl2N6O5S. The van der Waals surface area contributed by atoms with Crippen molar-refractivity contribution in [3.8, 4) is 11.8 Å². The number of carbonyl (C=O) groups excluding carboxylic acids is 1. The van der Waals surface area contributed by atoms with Crippen LogP contribution in [-0.4, -0.2) is 104 Å². The number of carbonyl (C=O) groups is 1. The van der Waals surface area contributed by atoms with Crippen molar-refractivity contribution in [2.75, 3.05) is 59.0 Å². The van der Waals surface area contributed by atoms with Gasteiger partial charge in [0, 0.05) is 48.5 Å². The highest BCUT2D eigenvalue weighted by atomic mass is 35.5. The molecule has 0 aliphatic carbocycles. The number of benzene rings is 2. The number of amidine groups is 1. The Kier molecular flexibility index (Phi) is 9.84. The molecule has 1 aromatic heterocycles. The van der Waals surface area contributed by atoms with E-state index in [9.17, 15) is 13.2 Å². The van der Waals surface area contributed by atoms with Crippen LogP contribution in [0.4, 0.5) is 4.79 Å². The third kappa shape index (κ3) is 6.53. The second-order valence-electron chi connectivity index (χ2n) is 11.8. The van der Waals surface area contributed by atoms with E-state index in [1.54, 1.807) is 23.1 Å². The van der Waals surface area contributed by atoms with E-state index in [0.29, 0.717) is 60.6 Å². The zero-order valence-electron chi connectivity index (χ0n) is 26.5. The predicted molar refractivity (Wildman–Crippen MR) is 179 cm³/mol. The molecule has 2 atom stereocenters. The molecule has 0 unspecified atom stereocenters. The van der Waals surface area contributed by atoms with Crippen molar-refractivity contribution in [3.63, 3.8) is 0 Å². The van der Waals surface area contributed by atoms with Crippen LogP contribution in [0.2, 0.25) is 10.0 Å². The molecule has 0 N–H and O–H groups in total. The lowest BCUT2D eigenvalue weighted by Gasteiger charge is -2.47. The molecule has 2 aliphatic rings. The summed E-state index contributed by atoms with van der Waals surface area (Å²) in [5, 5.41) is 9.45. The number of urea groups is 1. The Hall–Kier alpha value is -3.45. The van der Waals surface area contributed by atoms with E-state index >= 15 is 0 Å². The van der Waals surface area contributed by atoms with Crippen LogP contribution in [0.15, 0.2) is 59.6 Å². The maximum atomic E-state index is 14.9. The first kappa shape index (κ1) is 33.9. The number of sulfone groups is 1. The second kappa shape index (κ2) is 13.3. The molecule has 3 heterocycles. The highest BCUT2D eigenvalue weighted by molar-refractivity contribution is 7.90. The van der Waals surface area contributed by atoms with E-state index in [-0.39, 0.29) is 23.5 Å². The number of aliphatic imine (C=N–C) groups is 1. The maximum absolute atomic E-state index is 14.9. The second-order valence-corrected chi connectivity index (χ2v) is 15.0. The molecule has 1 fully saturated rings. The number of hydrogen-bond acceptors (Lipinski definition) is 9. The molecule has 2 aliphatic heterocycles. The molecule has 1 saturated heterocycles. The van der Waals surface area contributed by atoms with Gasteiger partial charge in [0.1, 0.15) is 26.8 Å². The Bertz CT molecular complexity index is 1720. The Balaban J connectivity index is 1.62. The first-order valence-electron chi connectivity index (χ1n) is 14.9. The lowest BCUT2D eigenvalue weighted by molar-refractivity contribution is 0.0868. The molecule has 2 amide bonds. The molecule has 0 saturated carbocycles. The predicted octanol–water partition coefficient (Wildman–Crippen LogP) is 4.87. The monoisotopic (exact) mass is 688 g/mol. The van der Waals surface area contributed by atoms with Gasteiger partial charge in [-0.15, -0.1) is 10.2 Å². The fraction of sp³-hybridized carbons (Fsp3) is 0.438. The van der Waals surface area contributed by atoms with E-state index in [2.05, 4.69) is 15.1 Å². The number of methoxy groups -OCH3 is 2. The number of rotatable bonds is 9. The number of halogens is 2. The van der Waals surface area contributed by atoms with Crippen molar-refractivity contribution in [2.24, 2.45) is 4.99 Å². The Labute approximate surface area is 280 Å². The number of nitrogens with zero attached hydrogens (tertiary/aromatic N) is 6. The highest BCUT2D eigenvalue weighted by Crippen LogP contribution is 2.54. The summed E-state index contributed by atoms with van der Waals surface area (Å²) in [5.41, 5.74) is -0.00299. The highest BCUT2D eigenvalue weighted by Gasteiger charge is 2.60. The SMILES string of the molecule is COc1cc(C2=N[C@@](C)(c3ccc(Cl)cc3)[C@@](C)(c3ccc(Cl)cc3)N2C(=O)N2CCN(CCCS(C)(=O)=O)CC2)c(OC)nn1. The molecule has 0 spiro atoms. The van der Waals surface area contributed by atoms with Crippen LogP contribution in [0.3, 0.4) is 0 Å². The van der Waals surface area contributed by atoms with Crippen molar-refractivity contribution in [1.82, 2.24) is 24.9 Å². The van der Waals surface area contributed by atoms with Gasteiger partial charge >= 0.3 is 6.03 Å². The molecule has 246 valence electrons. The van der Waals surface area contributed by atoms with Crippen LogP contribution in [0.5, 0.6) is 11.8 Å². The smallest absolute Gasteiger partial charge is 0.326 e. The van der Waals surface area contributed by atoms with Crippen molar-refractivity contribution in [3.05, 3.63) is 81.3 Å². The molecule has 5 rings (SSSR count). The van der Waals surface area contributed by atoms with Gasteiger partial charge in [-0.25, -0.2) is 13.2 Å². The van der Waals surface area contributed by atoms with Crippen molar-refractivity contribution >= 4 is 44.9 Å². The summed E-state index contributed by atoms with van der Waals surface area (Å²) in [5.74, 6) is 0.905. The number of aromatic nitrogens is 2. The van der Waals surface area contributed by atoms with Gasteiger partial charge in [0.2, 0.25) is 11.8 Å². The van der Waals surface area contributed by atoms with Gasteiger partial charge in [0.15, 0.2) is 0 Å². The van der Waals surface area contributed by atoms with Gasteiger partial charge in [0.05, 0.1) is 25.5 Å². The van der Waals surface area contributed by atoms with Gasteiger partial charge in [0.25, 0.3) is 0 Å². The zero-order chi connectivity index (χ0) is 33.3.